The Hall–Kier alpha value is -0.870. The third-order valence-electron chi connectivity index (χ3n) is 2.74. The predicted molar refractivity (Wildman–Crippen MR) is 60.2 cm³/mol. The Morgan fingerprint density at radius 3 is 3.07 bits per heavy atom. The summed E-state index contributed by atoms with van der Waals surface area (Å²) in [5.41, 5.74) is 1.03. The number of β-amino-alcohol motifs (C(OH)–C–C–N with tert-alkyl or cyclic N) is 1. The van der Waals surface area contributed by atoms with Crippen LogP contribution in [0, 0.1) is 6.92 Å². The van der Waals surface area contributed by atoms with Gasteiger partial charge in [-0.1, -0.05) is 0 Å². The molecule has 0 spiro atoms. The molecule has 1 fully saturated rings. The first kappa shape index (κ1) is 10.6. The molecule has 4 heteroatoms. The van der Waals surface area contributed by atoms with Crippen molar-refractivity contribution in [1.29, 1.82) is 0 Å². The highest BCUT2D eigenvalue weighted by atomic mass is 32.1. The molecule has 1 aromatic heterocycles. The quantitative estimate of drug-likeness (QED) is 0.789. The average molecular weight is 225 g/mol. The number of carbonyl (C=O) groups excluding carboxylic acids is 1. The van der Waals surface area contributed by atoms with E-state index in [1.54, 1.807) is 4.90 Å². The molecule has 1 atom stereocenters. The van der Waals surface area contributed by atoms with Gasteiger partial charge in [-0.3, -0.25) is 4.79 Å². The molecule has 1 saturated heterocycles. The van der Waals surface area contributed by atoms with Crippen molar-refractivity contribution in [1.82, 2.24) is 4.90 Å². The number of piperidine rings is 1. The van der Waals surface area contributed by atoms with Crippen LogP contribution < -0.4 is 0 Å². The Bertz CT molecular complexity index is 361. The number of hydrogen-bond acceptors (Lipinski definition) is 3. The zero-order valence-corrected chi connectivity index (χ0v) is 9.59. The maximum atomic E-state index is 12.1. The van der Waals surface area contributed by atoms with Crippen LogP contribution in [0.2, 0.25) is 0 Å². The third-order valence-corrected chi connectivity index (χ3v) is 3.74. The van der Waals surface area contributed by atoms with E-state index in [0.717, 1.165) is 29.8 Å². The maximum Gasteiger partial charge on any atom is 0.264 e. The monoisotopic (exact) mass is 225 g/mol. The maximum absolute atomic E-state index is 12.1. The highest BCUT2D eigenvalue weighted by Gasteiger charge is 2.24. The summed E-state index contributed by atoms with van der Waals surface area (Å²) < 4.78 is 0. The number of thiophene rings is 1. The van der Waals surface area contributed by atoms with E-state index >= 15 is 0 Å². The topological polar surface area (TPSA) is 40.5 Å². The van der Waals surface area contributed by atoms with Crippen LogP contribution >= 0.6 is 11.3 Å². The molecule has 0 aromatic carbocycles. The van der Waals surface area contributed by atoms with E-state index in [0.29, 0.717) is 6.54 Å². The summed E-state index contributed by atoms with van der Waals surface area (Å²) in [6, 6.07) is 1.96. The molecule has 2 heterocycles. The Labute approximate surface area is 93.3 Å². The number of aliphatic hydroxyl groups is 1. The second-order valence-electron chi connectivity index (χ2n) is 3.98. The number of aryl methyl sites for hydroxylation is 1. The molecule has 82 valence electrons. The molecule has 2 rings (SSSR count). The van der Waals surface area contributed by atoms with Crippen molar-refractivity contribution in [2.75, 3.05) is 13.1 Å². The van der Waals surface area contributed by atoms with E-state index in [-0.39, 0.29) is 12.0 Å². The molecule has 1 aromatic rings. The fourth-order valence-electron chi connectivity index (χ4n) is 1.87. The highest BCUT2D eigenvalue weighted by Crippen LogP contribution is 2.20. The Balaban J connectivity index is 2.11. The van der Waals surface area contributed by atoms with Gasteiger partial charge in [0.25, 0.3) is 5.91 Å². The number of likely N-dealkylation sites (tertiary alicyclic amines) is 1. The summed E-state index contributed by atoms with van der Waals surface area (Å²) >= 11 is 1.48. The zero-order valence-electron chi connectivity index (χ0n) is 8.77. The first-order valence-corrected chi connectivity index (χ1v) is 6.08. The standard InChI is InChI=1S/C11H15NO2S/c1-8-4-6-15-10(8)11(14)12-5-2-3-9(13)7-12/h4,6,9,13H,2-3,5,7H2,1H3/t9-/m1/s1. The largest absolute Gasteiger partial charge is 0.391 e. The second-order valence-corrected chi connectivity index (χ2v) is 4.90. The fourth-order valence-corrected chi connectivity index (χ4v) is 2.77. The van der Waals surface area contributed by atoms with Crippen LogP contribution in [0.3, 0.4) is 0 Å². The normalized spacial score (nSPS) is 21.7. The molecule has 15 heavy (non-hydrogen) atoms. The molecule has 0 bridgehead atoms. The van der Waals surface area contributed by atoms with Gasteiger partial charge in [0.2, 0.25) is 0 Å². The van der Waals surface area contributed by atoms with Crippen molar-refractivity contribution in [2.24, 2.45) is 0 Å². The third kappa shape index (κ3) is 2.21. The lowest BCUT2D eigenvalue weighted by atomic mass is 10.1. The van der Waals surface area contributed by atoms with Crippen LogP contribution in [0.15, 0.2) is 11.4 Å². The van der Waals surface area contributed by atoms with E-state index in [1.807, 2.05) is 18.4 Å². The van der Waals surface area contributed by atoms with E-state index in [1.165, 1.54) is 11.3 Å². The minimum absolute atomic E-state index is 0.0706. The first-order chi connectivity index (χ1) is 7.18. The van der Waals surface area contributed by atoms with Gasteiger partial charge in [0.1, 0.15) is 0 Å². The number of amides is 1. The van der Waals surface area contributed by atoms with Gasteiger partial charge >= 0.3 is 0 Å². The van der Waals surface area contributed by atoms with Crippen LogP contribution in [-0.2, 0) is 0 Å². The molecule has 0 aliphatic carbocycles. The van der Waals surface area contributed by atoms with Gasteiger partial charge in [0.05, 0.1) is 11.0 Å². The van der Waals surface area contributed by atoms with Crippen molar-refractivity contribution in [3.63, 3.8) is 0 Å². The first-order valence-electron chi connectivity index (χ1n) is 5.20. The molecule has 1 aliphatic heterocycles. The van der Waals surface area contributed by atoms with E-state index in [9.17, 15) is 9.90 Å². The van der Waals surface area contributed by atoms with Crippen molar-refractivity contribution in [3.05, 3.63) is 21.9 Å². The Morgan fingerprint density at radius 1 is 1.67 bits per heavy atom. The Kier molecular flexibility index (Phi) is 3.07. The molecular formula is C11H15NO2S. The lowest BCUT2D eigenvalue weighted by molar-refractivity contribution is 0.0477. The van der Waals surface area contributed by atoms with Gasteiger partial charge in [-0.15, -0.1) is 11.3 Å². The van der Waals surface area contributed by atoms with Gasteiger partial charge in [0.15, 0.2) is 0 Å². The summed E-state index contributed by atoms with van der Waals surface area (Å²) in [6.45, 7) is 3.20. The number of hydrogen-bond donors (Lipinski definition) is 1. The number of aliphatic hydroxyl groups excluding tert-OH is 1. The van der Waals surface area contributed by atoms with E-state index in [4.69, 9.17) is 0 Å². The van der Waals surface area contributed by atoms with E-state index < -0.39 is 0 Å². The van der Waals surface area contributed by atoms with Gasteiger partial charge < -0.3 is 10.0 Å². The van der Waals surface area contributed by atoms with Gasteiger partial charge in [0, 0.05) is 13.1 Å². The molecule has 3 nitrogen and oxygen atoms in total. The SMILES string of the molecule is Cc1ccsc1C(=O)N1CCC[C@@H](O)C1. The van der Waals surface area contributed by atoms with Crippen LogP contribution in [0.5, 0.6) is 0 Å². The lowest BCUT2D eigenvalue weighted by Gasteiger charge is -2.29. The average Bonchev–Trinajstić information content (AvgIpc) is 2.63. The summed E-state index contributed by atoms with van der Waals surface area (Å²) in [4.78, 5) is 14.6. The highest BCUT2D eigenvalue weighted by molar-refractivity contribution is 7.12. The van der Waals surface area contributed by atoms with Crippen LogP contribution in [0.25, 0.3) is 0 Å². The second kappa shape index (κ2) is 4.33. The molecule has 1 aliphatic rings. The van der Waals surface area contributed by atoms with Crippen molar-refractivity contribution < 1.29 is 9.90 Å². The molecule has 0 radical (unpaired) electrons. The smallest absolute Gasteiger partial charge is 0.264 e. The van der Waals surface area contributed by atoms with Crippen LogP contribution in [0.4, 0.5) is 0 Å². The van der Waals surface area contributed by atoms with Crippen molar-refractivity contribution in [2.45, 2.75) is 25.9 Å². The predicted octanol–water partition coefficient (Wildman–Crippen LogP) is 1.65. The molecular weight excluding hydrogens is 210 g/mol. The van der Waals surface area contributed by atoms with E-state index in [2.05, 4.69) is 0 Å². The van der Waals surface area contributed by atoms with Gasteiger partial charge in [-0.2, -0.15) is 0 Å². The minimum Gasteiger partial charge on any atom is -0.391 e. The number of nitrogens with zero attached hydrogens (tertiary/aromatic N) is 1. The minimum atomic E-state index is -0.344. The summed E-state index contributed by atoms with van der Waals surface area (Å²) in [5.74, 6) is 0.0706. The van der Waals surface area contributed by atoms with Gasteiger partial charge in [-0.25, -0.2) is 0 Å². The summed E-state index contributed by atoms with van der Waals surface area (Å²) in [6.07, 6.45) is 1.37. The Morgan fingerprint density at radius 2 is 2.47 bits per heavy atom. The van der Waals surface area contributed by atoms with Gasteiger partial charge in [-0.05, 0) is 36.8 Å². The number of rotatable bonds is 1. The van der Waals surface area contributed by atoms with Crippen molar-refractivity contribution in [3.8, 4) is 0 Å². The summed E-state index contributed by atoms with van der Waals surface area (Å²) in [5, 5.41) is 11.4. The summed E-state index contributed by atoms with van der Waals surface area (Å²) in [7, 11) is 0. The fraction of sp³-hybridized carbons (Fsp3) is 0.545. The molecule has 0 saturated carbocycles. The molecule has 1 N–H and O–H groups in total. The zero-order chi connectivity index (χ0) is 10.8. The molecule has 1 amide bonds. The van der Waals surface area contributed by atoms with Crippen LogP contribution in [-0.4, -0.2) is 35.1 Å². The number of carbonyl (C=O) groups is 1. The van der Waals surface area contributed by atoms with Crippen LogP contribution in [0.1, 0.15) is 28.1 Å². The lowest BCUT2D eigenvalue weighted by Crippen LogP contribution is -2.42. The van der Waals surface area contributed by atoms with Crippen molar-refractivity contribution >= 4 is 17.2 Å². The molecule has 0 unspecified atom stereocenters.